The third kappa shape index (κ3) is 4.78. The number of carboxylic acid groups (broad SMARTS) is 1. The second-order valence-electron chi connectivity index (χ2n) is 4.72. The molecule has 0 spiro atoms. The minimum atomic E-state index is -0.996. The largest absolute Gasteiger partial charge is 0.497 e. The maximum atomic E-state index is 10.5. The molecule has 0 aromatic heterocycles. The summed E-state index contributed by atoms with van der Waals surface area (Å²) in [7, 11) is 3.16. The fourth-order valence-corrected chi connectivity index (χ4v) is 1.96. The van der Waals surface area contributed by atoms with Crippen molar-refractivity contribution in [1.82, 2.24) is 0 Å². The first kappa shape index (κ1) is 16.4. The molecule has 0 atom stereocenters. The molecule has 0 amide bonds. The van der Waals surface area contributed by atoms with Crippen molar-refractivity contribution in [3.8, 4) is 17.2 Å². The van der Waals surface area contributed by atoms with Crippen molar-refractivity contribution >= 4 is 12.0 Å². The van der Waals surface area contributed by atoms with E-state index in [1.54, 1.807) is 32.4 Å². The highest BCUT2D eigenvalue weighted by Gasteiger charge is 2.06. The first-order valence-electron chi connectivity index (χ1n) is 6.97. The summed E-state index contributed by atoms with van der Waals surface area (Å²) in [6, 6.07) is 12.8. The number of rotatable bonds is 7. The molecule has 0 aliphatic rings. The third-order valence-electron chi connectivity index (χ3n) is 3.16. The summed E-state index contributed by atoms with van der Waals surface area (Å²) in [6.07, 6.45) is 2.57. The van der Waals surface area contributed by atoms with Crippen molar-refractivity contribution in [3.05, 3.63) is 59.7 Å². The highest BCUT2D eigenvalue weighted by molar-refractivity contribution is 5.85. The molecule has 1 N–H and O–H groups in total. The van der Waals surface area contributed by atoms with Crippen molar-refractivity contribution in [2.75, 3.05) is 14.2 Å². The van der Waals surface area contributed by atoms with Crippen LogP contribution in [0.5, 0.6) is 17.2 Å². The lowest BCUT2D eigenvalue weighted by molar-refractivity contribution is -0.131. The fraction of sp³-hybridized carbons (Fsp3) is 0.167. The highest BCUT2D eigenvalue weighted by atomic mass is 16.5. The summed E-state index contributed by atoms with van der Waals surface area (Å²) in [6.45, 7) is 0.394. The van der Waals surface area contributed by atoms with Crippen molar-refractivity contribution in [1.29, 1.82) is 0 Å². The number of carboxylic acids is 1. The monoisotopic (exact) mass is 314 g/mol. The van der Waals surface area contributed by atoms with E-state index >= 15 is 0 Å². The Kier molecular flexibility index (Phi) is 5.63. The van der Waals surface area contributed by atoms with Crippen LogP contribution in [0.2, 0.25) is 0 Å². The Morgan fingerprint density at radius 2 is 1.78 bits per heavy atom. The molecule has 2 rings (SSSR count). The van der Waals surface area contributed by atoms with Crippen LogP contribution in [0.1, 0.15) is 11.1 Å². The Labute approximate surface area is 134 Å². The predicted octanol–water partition coefficient (Wildman–Crippen LogP) is 3.38. The van der Waals surface area contributed by atoms with E-state index in [0.717, 1.165) is 23.0 Å². The maximum Gasteiger partial charge on any atom is 0.328 e. The van der Waals surface area contributed by atoms with Crippen LogP contribution in [0.15, 0.2) is 48.5 Å². The summed E-state index contributed by atoms with van der Waals surface area (Å²) in [5.74, 6) is 0.937. The van der Waals surface area contributed by atoms with E-state index in [0.29, 0.717) is 18.1 Å². The molecule has 0 heterocycles. The smallest absolute Gasteiger partial charge is 0.328 e. The van der Waals surface area contributed by atoms with Crippen molar-refractivity contribution in [3.63, 3.8) is 0 Å². The molecule has 0 unspecified atom stereocenters. The standard InChI is InChI=1S/C18H18O5/c1-21-15-7-3-14(4-8-15)12-23-16-9-5-13(6-10-18(19)20)11-17(16)22-2/h3-11H,12H2,1-2H3,(H,19,20)/b10-6+. The minimum Gasteiger partial charge on any atom is -0.497 e. The first-order valence-corrected chi connectivity index (χ1v) is 6.97. The maximum absolute atomic E-state index is 10.5. The molecule has 0 aliphatic carbocycles. The van der Waals surface area contributed by atoms with Crippen molar-refractivity contribution in [2.24, 2.45) is 0 Å². The molecule has 120 valence electrons. The van der Waals surface area contributed by atoms with Crippen LogP contribution in [0, 0.1) is 0 Å². The SMILES string of the molecule is COc1ccc(COc2ccc(/C=C/C(=O)O)cc2OC)cc1. The quantitative estimate of drug-likeness (QED) is 0.794. The molecule has 2 aromatic rings. The Morgan fingerprint density at radius 1 is 1.04 bits per heavy atom. The van der Waals surface area contributed by atoms with E-state index in [2.05, 4.69) is 0 Å². The Bertz CT molecular complexity index is 689. The van der Waals surface area contributed by atoms with Gasteiger partial charge in [0.25, 0.3) is 0 Å². The van der Waals surface area contributed by atoms with Crippen LogP contribution in [-0.4, -0.2) is 25.3 Å². The Morgan fingerprint density at radius 3 is 2.39 bits per heavy atom. The zero-order chi connectivity index (χ0) is 16.7. The molecule has 0 radical (unpaired) electrons. The average molecular weight is 314 g/mol. The molecule has 0 saturated heterocycles. The zero-order valence-corrected chi connectivity index (χ0v) is 13.0. The van der Waals surface area contributed by atoms with E-state index in [1.165, 1.54) is 6.08 Å². The molecular weight excluding hydrogens is 296 g/mol. The number of hydrogen-bond acceptors (Lipinski definition) is 4. The molecular formula is C18H18O5. The normalized spacial score (nSPS) is 10.5. The van der Waals surface area contributed by atoms with E-state index in [4.69, 9.17) is 19.3 Å². The van der Waals surface area contributed by atoms with Gasteiger partial charge >= 0.3 is 5.97 Å². The van der Waals surface area contributed by atoms with Crippen LogP contribution < -0.4 is 14.2 Å². The number of aliphatic carboxylic acids is 1. The van der Waals surface area contributed by atoms with Gasteiger partial charge in [0.15, 0.2) is 11.5 Å². The number of methoxy groups -OCH3 is 2. The van der Waals surface area contributed by atoms with Crippen molar-refractivity contribution in [2.45, 2.75) is 6.61 Å². The van der Waals surface area contributed by atoms with Crippen molar-refractivity contribution < 1.29 is 24.1 Å². The summed E-state index contributed by atoms with van der Waals surface area (Å²) < 4.78 is 16.2. The second kappa shape index (κ2) is 7.89. The first-order chi connectivity index (χ1) is 11.1. The lowest BCUT2D eigenvalue weighted by Gasteiger charge is -2.11. The molecule has 0 aliphatic heterocycles. The summed E-state index contributed by atoms with van der Waals surface area (Å²) in [5.41, 5.74) is 1.73. The summed E-state index contributed by atoms with van der Waals surface area (Å²) in [4.78, 5) is 10.5. The van der Waals surface area contributed by atoms with E-state index < -0.39 is 5.97 Å². The van der Waals surface area contributed by atoms with E-state index in [-0.39, 0.29) is 0 Å². The average Bonchev–Trinajstić information content (AvgIpc) is 2.58. The number of ether oxygens (including phenoxy) is 3. The number of hydrogen-bond donors (Lipinski definition) is 1. The highest BCUT2D eigenvalue weighted by Crippen LogP contribution is 2.29. The van der Waals surface area contributed by atoms with Gasteiger partial charge in [0, 0.05) is 6.08 Å². The number of carbonyl (C=O) groups is 1. The Balaban J connectivity index is 2.08. The van der Waals surface area contributed by atoms with Gasteiger partial charge in [-0.2, -0.15) is 0 Å². The lowest BCUT2D eigenvalue weighted by atomic mass is 10.2. The minimum absolute atomic E-state index is 0.394. The molecule has 5 heteroatoms. The molecule has 0 saturated carbocycles. The van der Waals surface area contributed by atoms with Crippen LogP contribution in [0.4, 0.5) is 0 Å². The van der Waals surface area contributed by atoms with Crippen LogP contribution in [0.25, 0.3) is 6.08 Å². The van der Waals surface area contributed by atoms with Gasteiger partial charge in [-0.3, -0.25) is 0 Å². The third-order valence-corrected chi connectivity index (χ3v) is 3.16. The van der Waals surface area contributed by atoms with Gasteiger partial charge in [0.1, 0.15) is 12.4 Å². The second-order valence-corrected chi connectivity index (χ2v) is 4.72. The van der Waals surface area contributed by atoms with Gasteiger partial charge in [-0.15, -0.1) is 0 Å². The zero-order valence-electron chi connectivity index (χ0n) is 13.0. The topological polar surface area (TPSA) is 65.0 Å². The van der Waals surface area contributed by atoms with E-state index in [9.17, 15) is 4.79 Å². The predicted molar refractivity (Wildman–Crippen MR) is 87.0 cm³/mol. The van der Waals surface area contributed by atoms with Gasteiger partial charge in [0.05, 0.1) is 14.2 Å². The molecule has 23 heavy (non-hydrogen) atoms. The lowest BCUT2D eigenvalue weighted by Crippen LogP contribution is -1.98. The van der Waals surface area contributed by atoms with Gasteiger partial charge in [0.2, 0.25) is 0 Å². The molecule has 0 fully saturated rings. The van der Waals surface area contributed by atoms with E-state index in [1.807, 2.05) is 24.3 Å². The van der Waals surface area contributed by atoms with Gasteiger partial charge in [-0.05, 0) is 41.5 Å². The summed E-state index contributed by atoms with van der Waals surface area (Å²) in [5, 5.41) is 8.65. The fourth-order valence-electron chi connectivity index (χ4n) is 1.96. The van der Waals surface area contributed by atoms with Crippen LogP contribution in [-0.2, 0) is 11.4 Å². The van der Waals surface area contributed by atoms with Crippen LogP contribution in [0.3, 0.4) is 0 Å². The van der Waals surface area contributed by atoms with Crippen LogP contribution >= 0.6 is 0 Å². The van der Waals surface area contributed by atoms with Gasteiger partial charge < -0.3 is 19.3 Å². The number of benzene rings is 2. The summed E-state index contributed by atoms with van der Waals surface area (Å²) >= 11 is 0. The Hall–Kier alpha value is -2.95. The molecule has 0 bridgehead atoms. The molecule has 5 nitrogen and oxygen atoms in total. The molecule has 2 aromatic carbocycles. The van der Waals surface area contributed by atoms with Gasteiger partial charge in [-0.25, -0.2) is 4.79 Å². The van der Waals surface area contributed by atoms with Gasteiger partial charge in [-0.1, -0.05) is 18.2 Å².